The van der Waals surface area contributed by atoms with E-state index in [-0.39, 0.29) is 11.8 Å². The van der Waals surface area contributed by atoms with Gasteiger partial charge in [0.25, 0.3) is 0 Å². The molecule has 0 aliphatic rings. The molecular weight excluding hydrogens is 339 g/mol. The quantitative estimate of drug-likeness (QED) is 0.593. The summed E-state index contributed by atoms with van der Waals surface area (Å²) in [4.78, 5) is 15.5. The van der Waals surface area contributed by atoms with Gasteiger partial charge in [0.15, 0.2) is 9.49 Å². The standard InChI is InChI=1S/C12H6Cl2N2O2S2/c13-9-10(14)19-11(16-9)20-12(17)18-6-8-3-1-7(5-15)2-4-8/h1-4H,6H2. The maximum Gasteiger partial charge on any atom is 0.374 e. The lowest BCUT2D eigenvalue weighted by Crippen LogP contribution is -1.97. The van der Waals surface area contributed by atoms with Gasteiger partial charge in [-0.3, -0.25) is 0 Å². The lowest BCUT2D eigenvalue weighted by atomic mass is 10.2. The largest absolute Gasteiger partial charge is 0.452 e. The van der Waals surface area contributed by atoms with Crippen molar-refractivity contribution in [3.8, 4) is 6.07 Å². The van der Waals surface area contributed by atoms with Crippen molar-refractivity contribution in [2.75, 3.05) is 0 Å². The average Bonchev–Trinajstić information content (AvgIpc) is 2.75. The smallest absolute Gasteiger partial charge is 0.374 e. The van der Waals surface area contributed by atoms with E-state index in [2.05, 4.69) is 4.98 Å². The highest BCUT2D eigenvalue weighted by atomic mass is 35.5. The fraction of sp³-hybridized carbons (Fsp3) is 0.0833. The van der Waals surface area contributed by atoms with Crippen LogP contribution < -0.4 is 0 Å². The van der Waals surface area contributed by atoms with Crippen molar-refractivity contribution in [3.05, 3.63) is 44.9 Å². The third kappa shape index (κ3) is 4.12. The molecule has 2 aromatic rings. The molecule has 8 heteroatoms. The van der Waals surface area contributed by atoms with Gasteiger partial charge in [-0.25, -0.2) is 9.78 Å². The lowest BCUT2D eigenvalue weighted by Gasteiger charge is -2.03. The predicted molar refractivity (Wildman–Crippen MR) is 79.3 cm³/mol. The number of rotatable bonds is 3. The Morgan fingerprint density at radius 1 is 1.40 bits per heavy atom. The van der Waals surface area contributed by atoms with Gasteiger partial charge in [-0.1, -0.05) is 46.7 Å². The molecule has 2 rings (SSSR count). The topological polar surface area (TPSA) is 63.0 Å². The first kappa shape index (κ1) is 15.1. The molecule has 1 heterocycles. The molecule has 0 saturated heterocycles. The van der Waals surface area contributed by atoms with Crippen molar-refractivity contribution in [3.63, 3.8) is 0 Å². The Bertz CT molecular complexity index is 646. The molecule has 1 aromatic carbocycles. The second-order valence-electron chi connectivity index (χ2n) is 3.49. The number of thioether (sulfide) groups is 1. The molecule has 0 saturated carbocycles. The summed E-state index contributed by atoms with van der Waals surface area (Å²) >= 11 is 13.4. The summed E-state index contributed by atoms with van der Waals surface area (Å²) < 4.78 is 5.85. The minimum atomic E-state index is -0.489. The van der Waals surface area contributed by atoms with E-state index in [1.54, 1.807) is 24.3 Å². The predicted octanol–water partition coefficient (Wildman–Crippen LogP) is 4.75. The summed E-state index contributed by atoms with van der Waals surface area (Å²) in [5.41, 5.74) is 1.36. The maximum absolute atomic E-state index is 11.6. The highest BCUT2D eigenvalue weighted by Crippen LogP contribution is 2.34. The second-order valence-corrected chi connectivity index (χ2v) is 6.64. The summed E-state index contributed by atoms with van der Waals surface area (Å²) in [5, 5.41) is 8.36. The number of ether oxygens (including phenoxy) is 1. The van der Waals surface area contributed by atoms with Crippen molar-refractivity contribution < 1.29 is 9.53 Å². The van der Waals surface area contributed by atoms with E-state index in [1.807, 2.05) is 6.07 Å². The first-order chi connectivity index (χ1) is 9.58. The fourth-order valence-electron chi connectivity index (χ4n) is 1.23. The molecule has 4 nitrogen and oxygen atoms in total. The van der Waals surface area contributed by atoms with Crippen molar-refractivity contribution in [2.45, 2.75) is 10.9 Å². The SMILES string of the molecule is N#Cc1ccc(COC(=O)Sc2nc(Cl)c(Cl)s2)cc1. The Morgan fingerprint density at radius 2 is 2.10 bits per heavy atom. The van der Waals surface area contributed by atoms with Gasteiger partial charge in [0.2, 0.25) is 0 Å². The number of nitrogens with zero attached hydrogens (tertiary/aromatic N) is 2. The van der Waals surface area contributed by atoms with Crippen LogP contribution in [0.15, 0.2) is 28.6 Å². The van der Waals surface area contributed by atoms with Crippen LogP contribution in [-0.4, -0.2) is 10.3 Å². The van der Waals surface area contributed by atoms with Crippen molar-refractivity contribution in [2.24, 2.45) is 0 Å². The number of benzene rings is 1. The molecular formula is C12H6Cl2N2O2S2. The number of aromatic nitrogens is 1. The van der Waals surface area contributed by atoms with Gasteiger partial charge in [-0.2, -0.15) is 5.26 Å². The minimum absolute atomic E-state index is 0.129. The number of hydrogen-bond acceptors (Lipinski definition) is 6. The van der Waals surface area contributed by atoms with Gasteiger partial charge in [0.05, 0.1) is 11.6 Å². The van der Waals surface area contributed by atoms with Crippen LogP contribution in [-0.2, 0) is 11.3 Å². The van der Waals surface area contributed by atoms with Crippen LogP contribution in [0.25, 0.3) is 0 Å². The fourth-order valence-corrected chi connectivity index (χ4v) is 3.37. The Labute approximate surface area is 133 Å². The number of thiazole rings is 1. The highest BCUT2D eigenvalue weighted by molar-refractivity contribution is 8.14. The van der Waals surface area contributed by atoms with Crippen molar-refractivity contribution >= 4 is 51.6 Å². The zero-order valence-electron chi connectivity index (χ0n) is 9.80. The Kier molecular flexibility index (Phi) is 5.26. The van der Waals surface area contributed by atoms with Crippen LogP contribution in [0.3, 0.4) is 0 Å². The molecule has 1 aromatic heterocycles. The zero-order valence-corrected chi connectivity index (χ0v) is 12.9. The van der Waals surface area contributed by atoms with Crippen LogP contribution >= 0.6 is 46.3 Å². The molecule has 0 radical (unpaired) electrons. The monoisotopic (exact) mass is 344 g/mol. The molecule has 0 spiro atoms. The lowest BCUT2D eigenvalue weighted by molar-refractivity contribution is 0.168. The Morgan fingerprint density at radius 3 is 2.65 bits per heavy atom. The summed E-state index contributed by atoms with van der Waals surface area (Å²) in [5.74, 6) is 0. The van der Waals surface area contributed by atoms with Crippen molar-refractivity contribution in [1.29, 1.82) is 5.26 Å². The summed E-state index contributed by atoms with van der Waals surface area (Å²) in [6.07, 6.45) is 0. The van der Waals surface area contributed by atoms with Gasteiger partial charge in [0.1, 0.15) is 10.9 Å². The van der Waals surface area contributed by atoms with Crippen LogP contribution in [0.1, 0.15) is 11.1 Å². The molecule has 0 atom stereocenters. The zero-order chi connectivity index (χ0) is 14.5. The highest BCUT2D eigenvalue weighted by Gasteiger charge is 2.13. The van der Waals surface area contributed by atoms with Gasteiger partial charge in [0, 0.05) is 11.8 Å². The van der Waals surface area contributed by atoms with Crippen LogP contribution in [0.4, 0.5) is 4.79 Å². The third-order valence-electron chi connectivity index (χ3n) is 2.14. The van der Waals surface area contributed by atoms with E-state index >= 15 is 0 Å². The van der Waals surface area contributed by atoms with Gasteiger partial charge >= 0.3 is 5.30 Å². The minimum Gasteiger partial charge on any atom is -0.452 e. The van der Waals surface area contributed by atoms with Crippen molar-refractivity contribution in [1.82, 2.24) is 4.98 Å². The molecule has 0 aliphatic carbocycles. The van der Waals surface area contributed by atoms with E-state index in [9.17, 15) is 4.79 Å². The van der Waals surface area contributed by atoms with Gasteiger partial charge in [-0.05, 0) is 17.7 Å². The number of halogens is 2. The summed E-state index contributed by atoms with van der Waals surface area (Å²) in [6.45, 7) is 0.129. The summed E-state index contributed by atoms with van der Waals surface area (Å²) in [6, 6.07) is 8.80. The van der Waals surface area contributed by atoms with Crippen LogP contribution in [0.5, 0.6) is 0 Å². The number of carbonyl (C=O) groups is 1. The molecule has 0 bridgehead atoms. The Balaban J connectivity index is 1.87. The number of hydrogen-bond donors (Lipinski definition) is 0. The van der Waals surface area contributed by atoms with Crippen LogP contribution in [0.2, 0.25) is 9.49 Å². The van der Waals surface area contributed by atoms with Gasteiger partial charge < -0.3 is 4.74 Å². The molecule has 0 fully saturated rings. The maximum atomic E-state index is 11.6. The van der Waals surface area contributed by atoms with Crippen LogP contribution in [0, 0.1) is 11.3 Å². The third-order valence-corrected chi connectivity index (χ3v) is 4.72. The van der Waals surface area contributed by atoms with E-state index in [4.69, 9.17) is 33.2 Å². The first-order valence-corrected chi connectivity index (χ1v) is 7.63. The average molecular weight is 345 g/mol. The first-order valence-electron chi connectivity index (χ1n) is 5.24. The molecule has 0 unspecified atom stereocenters. The van der Waals surface area contributed by atoms with E-state index in [1.165, 1.54) is 0 Å². The van der Waals surface area contributed by atoms with E-state index in [0.29, 0.717) is 14.2 Å². The van der Waals surface area contributed by atoms with Gasteiger partial charge in [-0.15, -0.1) is 0 Å². The molecule has 0 amide bonds. The molecule has 102 valence electrons. The van der Waals surface area contributed by atoms with E-state index in [0.717, 1.165) is 28.7 Å². The van der Waals surface area contributed by atoms with E-state index < -0.39 is 5.30 Å². The normalized spacial score (nSPS) is 10.1. The second kappa shape index (κ2) is 6.95. The number of carbonyl (C=O) groups excluding carboxylic acids is 1. The molecule has 20 heavy (non-hydrogen) atoms. The summed E-state index contributed by atoms with van der Waals surface area (Å²) in [7, 11) is 0. The Hall–Kier alpha value is -1.26. The number of nitriles is 1. The molecule has 0 aliphatic heterocycles. The molecule has 0 N–H and O–H groups in total.